The monoisotopic (exact) mass is 939 g/mol. The fourth-order valence-corrected chi connectivity index (χ4v) is 8.44. The second-order valence-corrected chi connectivity index (χ2v) is 19.6. The molecule has 67 heavy (non-hydrogen) atoms. The average Bonchev–Trinajstić information content (AvgIpc) is 3.33. The lowest BCUT2D eigenvalue weighted by atomic mass is 10.0. The van der Waals surface area contributed by atoms with Gasteiger partial charge in [0.15, 0.2) is 6.10 Å². The lowest BCUT2D eigenvalue weighted by molar-refractivity contribution is -0.167. The first-order valence-corrected chi connectivity index (χ1v) is 29.1. The number of hydrogen-bond acceptors (Lipinski definition) is 6. The van der Waals surface area contributed by atoms with E-state index in [-0.39, 0.29) is 37.5 Å². The highest BCUT2D eigenvalue weighted by atomic mass is 16.6. The molecule has 0 aromatic rings. The van der Waals surface area contributed by atoms with Crippen LogP contribution in [0.5, 0.6) is 0 Å². The summed E-state index contributed by atoms with van der Waals surface area (Å²) in [5.41, 5.74) is 0. The number of allylic oxidation sites excluding steroid dienone is 8. The van der Waals surface area contributed by atoms with Gasteiger partial charge in [0.05, 0.1) is 0 Å². The van der Waals surface area contributed by atoms with Gasteiger partial charge in [-0.25, -0.2) is 0 Å². The average molecular weight is 940 g/mol. The summed E-state index contributed by atoms with van der Waals surface area (Å²) in [6.07, 6.45) is 68.2. The zero-order chi connectivity index (χ0) is 48.6. The van der Waals surface area contributed by atoms with Gasteiger partial charge in [0, 0.05) is 19.3 Å². The maximum atomic E-state index is 12.8. The standard InChI is InChI=1S/C61H110O6/c1-4-7-10-13-16-19-22-25-28-30-32-33-36-39-42-45-48-51-54-60(63)66-57-58(56-65-59(62)53-50-47-44-41-38-35-27-24-21-18-15-12-9-6-3)67-61(64)55-52-49-46-43-40-37-34-31-29-26-23-20-17-14-11-8-5-2/h17,20,26,29,34,37,43,46,58H,4-16,18-19,21-25,27-28,30-33,35-36,38-42,44-45,47-57H2,1-3H3/b20-17-,29-26-,37-34-,46-43-/t58-/m1/s1. The number of ether oxygens (including phenoxy) is 3. The van der Waals surface area contributed by atoms with Gasteiger partial charge in [-0.15, -0.1) is 0 Å². The Kier molecular flexibility index (Phi) is 53.8. The minimum Gasteiger partial charge on any atom is -0.462 e. The molecular formula is C61H110O6. The third kappa shape index (κ3) is 54.2. The van der Waals surface area contributed by atoms with E-state index in [9.17, 15) is 14.4 Å². The molecule has 6 nitrogen and oxygen atoms in total. The van der Waals surface area contributed by atoms with Gasteiger partial charge in [-0.3, -0.25) is 14.4 Å². The molecule has 1 atom stereocenters. The molecule has 0 amide bonds. The van der Waals surface area contributed by atoms with Gasteiger partial charge < -0.3 is 14.2 Å². The van der Waals surface area contributed by atoms with E-state index in [1.807, 2.05) is 0 Å². The Morgan fingerprint density at radius 1 is 0.299 bits per heavy atom. The van der Waals surface area contributed by atoms with E-state index < -0.39 is 6.10 Å². The summed E-state index contributed by atoms with van der Waals surface area (Å²) in [4.78, 5) is 38.1. The van der Waals surface area contributed by atoms with Crippen molar-refractivity contribution in [2.45, 2.75) is 309 Å². The van der Waals surface area contributed by atoms with Gasteiger partial charge in [-0.05, 0) is 57.8 Å². The summed E-state index contributed by atoms with van der Waals surface area (Å²) in [5, 5.41) is 0. The van der Waals surface area contributed by atoms with Crippen LogP contribution in [0.1, 0.15) is 303 Å². The van der Waals surface area contributed by atoms with Gasteiger partial charge in [0.2, 0.25) is 0 Å². The third-order valence-electron chi connectivity index (χ3n) is 12.8. The molecule has 0 spiro atoms. The predicted molar refractivity (Wildman–Crippen MR) is 289 cm³/mol. The van der Waals surface area contributed by atoms with Crippen LogP contribution in [-0.2, 0) is 28.6 Å². The maximum absolute atomic E-state index is 12.8. The van der Waals surface area contributed by atoms with Crippen LogP contribution in [0.25, 0.3) is 0 Å². The highest BCUT2D eigenvalue weighted by Gasteiger charge is 2.19. The molecule has 0 aromatic carbocycles. The van der Waals surface area contributed by atoms with Gasteiger partial charge in [0.25, 0.3) is 0 Å². The van der Waals surface area contributed by atoms with E-state index >= 15 is 0 Å². The normalized spacial score (nSPS) is 12.3. The summed E-state index contributed by atoms with van der Waals surface area (Å²) in [6.45, 7) is 6.61. The van der Waals surface area contributed by atoms with Crippen molar-refractivity contribution in [3.05, 3.63) is 48.6 Å². The van der Waals surface area contributed by atoms with Crippen LogP contribution in [-0.4, -0.2) is 37.2 Å². The molecule has 0 aliphatic rings. The van der Waals surface area contributed by atoms with E-state index in [2.05, 4.69) is 69.4 Å². The first kappa shape index (κ1) is 64.4. The quantitative estimate of drug-likeness (QED) is 0.0262. The predicted octanol–water partition coefficient (Wildman–Crippen LogP) is 19.4. The second-order valence-electron chi connectivity index (χ2n) is 19.6. The van der Waals surface area contributed by atoms with E-state index in [4.69, 9.17) is 14.2 Å². The summed E-state index contributed by atoms with van der Waals surface area (Å²) < 4.78 is 16.8. The van der Waals surface area contributed by atoms with Gasteiger partial charge in [-0.1, -0.05) is 275 Å². The lowest BCUT2D eigenvalue weighted by Gasteiger charge is -2.18. The van der Waals surface area contributed by atoms with Gasteiger partial charge in [0.1, 0.15) is 13.2 Å². The Morgan fingerprint density at radius 3 is 0.881 bits per heavy atom. The van der Waals surface area contributed by atoms with Gasteiger partial charge in [-0.2, -0.15) is 0 Å². The minimum absolute atomic E-state index is 0.0903. The number of rotatable bonds is 53. The molecule has 0 radical (unpaired) electrons. The first-order valence-electron chi connectivity index (χ1n) is 29.1. The first-order chi connectivity index (χ1) is 33.0. The Hall–Kier alpha value is -2.63. The largest absolute Gasteiger partial charge is 0.462 e. The molecule has 0 unspecified atom stereocenters. The highest BCUT2D eigenvalue weighted by molar-refractivity contribution is 5.71. The zero-order valence-electron chi connectivity index (χ0n) is 44.7. The Labute approximate surface area is 416 Å². The molecule has 0 aliphatic heterocycles. The molecule has 0 heterocycles. The van der Waals surface area contributed by atoms with E-state index in [0.717, 1.165) is 64.2 Å². The van der Waals surface area contributed by atoms with Crippen molar-refractivity contribution < 1.29 is 28.6 Å². The molecular weight excluding hydrogens is 829 g/mol. The van der Waals surface area contributed by atoms with Crippen LogP contribution in [0.3, 0.4) is 0 Å². The fourth-order valence-electron chi connectivity index (χ4n) is 8.44. The van der Waals surface area contributed by atoms with Crippen LogP contribution in [0.15, 0.2) is 48.6 Å². The Morgan fingerprint density at radius 2 is 0.552 bits per heavy atom. The molecule has 0 bridgehead atoms. The molecule has 0 fully saturated rings. The van der Waals surface area contributed by atoms with Crippen molar-refractivity contribution in [2.24, 2.45) is 0 Å². The molecule has 6 heteroatoms. The summed E-state index contributed by atoms with van der Waals surface area (Å²) in [6, 6.07) is 0. The van der Waals surface area contributed by atoms with E-state index in [0.29, 0.717) is 19.3 Å². The van der Waals surface area contributed by atoms with Crippen LogP contribution >= 0.6 is 0 Å². The van der Waals surface area contributed by atoms with Crippen molar-refractivity contribution in [2.75, 3.05) is 13.2 Å². The van der Waals surface area contributed by atoms with Crippen LogP contribution in [0, 0.1) is 0 Å². The summed E-state index contributed by atoms with van der Waals surface area (Å²) in [5.74, 6) is -0.930. The molecule has 0 rings (SSSR count). The van der Waals surface area contributed by atoms with Crippen LogP contribution < -0.4 is 0 Å². The van der Waals surface area contributed by atoms with Crippen LogP contribution in [0.2, 0.25) is 0 Å². The smallest absolute Gasteiger partial charge is 0.306 e. The maximum Gasteiger partial charge on any atom is 0.306 e. The number of carbonyl (C=O) groups excluding carboxylic acids is 3. The summed E-state index contributed by atoms with van der Waals surface area (Å²) >= 11 is 0. The highest BCUT2D eigenvalue weighted by Crippen LogP contribution is 2.17. The topological polar surface area (TPSA) is 78.9 Å². The number of unbranched alkanes of at least 4 members (excludes halogenated alkanes) is 34. The Balaban J connectivity index is 4.41. The number of hydrogen-bond donors (Lipinski definition) is 0. The second kappa shape index (κ2) is 56.0. The zero-order valence-corrected chi connectivity index (χ0v) is 44.7. The molecule has 0 saturated heterocycles. The number of carbonyl (C=O) groups is 3. The van der Waals surface area contributed by atoms with Crippen molar-refractivity contribution in [1.29, 1.82) is 0 Å². The SMILES string of the molecule is CCCCC/C=C\C/C=C\C/C=C\C/C=C\CCCC(=O)O[C@H](COC(=O)CCCCCCCCCCCCCCCC)COC(=O)CCCCCCCCCCCCCCCCCCCC. The van der Waals surface area contributed by atoms with Crippen molar-refractivity contribution >= 4 is 17.9 Å². The third-order valence-corrected chi connectivity index (χ3v) is 12.8. The minimum atomic E-state index is -0.798. The van der Waals surface area contributed by atoms with Crippen molar-refractivity contribution in [3.8, 4) is 0 Å². The number of esters is 3. The molecule has 390 valence electrons. The van der Waals surface area contributed by atoms with E-state index in [1.54, 1.807) is 0 Å². The van der Waals surface area contributed by atoms with Crippen molar-refractivity contribution in [1.82, 2.24) is 0 Å². The lowest BCUT2D eigenvalue weighted by Crippen LogP contribution is -2.30. The van der Waals surface area contributed by atoms with E-state index in [1.165, 1.54) is 193 Å². The molecule has 0 aromatic heterocycles. The van der Waals surface area contributed by atoms with Crippen molar-refractivity contribution in [3.63, 3.8) is 0 Å². The fraction of sp³-hybridized carbons (Fsp3) is 0.820. The van der Waals surface area contributed by atoms with Gasteiger partial charge >= 0.3 is 17.9 Å². The Bertz CT molecular complexity index is 1170. The molecule has 0 N–H and O–H groups in total. The van der Waals surface area contributed by atoms with Crippen LogP contribution in [0.4, 0.5) is 0 Å². The molecule has 0 saturated carbocycles. The molecule has 0 aliphatic carbocycles. The summed E-state index contributed by atoms with van der Waals surface area (Å²) in [7, 11) is 0.